The monoisotopic (exact) mass is 213 g/mol. The molecule has 0 saturated heterocycles. The first-order chi connectivity index (χ1) is 7.95. The third-order valence-corrected chi connectivity index (χ3v) is 4.41. The second kappa shape index (κ2) is 4.61. The molecule has 0 nitrogen and oxygen atoms in total. The van der Waals surface area contributed by atoms with E-state index in [0.29, 0.717) is 0 Å². The van der Waals surface area contributed by atoms with Crippen molar-refractivity contribution in [2.24, 2.45) is 5.92 Å². The van der Waals surface area contributed by atoms with Crippen LogP contribution in [0.3, 0.4) is 0 Å². The quantitative estimate of drug-likeness (QED) is 0.644. The van der Waals surface area contributed by atoms with Gasteiger partial charge in [0.05, 0.1) is 0 Å². The molecule has 0 bridgehead atoms. The minimum atomic E-state index is 0.769. The molecular weight excluding hydrogens is 192 g/mol. The number of benzene rings is 1. The van der Waals surface area contributed by atoms with Crippen LogP contribution in [0.25, 0.3) is 0 Å². The average molecular weight is 213 g/mol. The average Bonchev–Trinajstić information content (AvgIpc) is 2.39. The molecule has 0 aromatic heterocycles. The van der Waals surface area contributed by atoms with Gasteiger partial charge in [0.1, 0.15) is 0 Å². The first-order valence-electron chi connectivity index (χ1n) is 6.86. The summed E-state index contributed by atoms with van der Waals surface area (Å²) in [5, 5.41) is 0. The van der Waals surface area contributed by atoms with Crippen molar-refractivity contribution in [1.82, 2.24) is 0 Å². The van der Waals surface area contributed by atoms with Crippen LogP contribution in [0, 0.1) is 12.3 Å². The molecule has 85 valence electrons. The van der Waals surface area contributed by atoms with Crippen molar-refractivity contribution >= 4 is 0 Å². The Labute approximate surface area is 99.1 Å². The van der Waals surface area contributed by atoms with Gasteiger partial charge in [0.2, 0.25) is 0 Å². The summed E-state index contributed by atoms with van der Waals surface area (Å²) in [5.74, 6) is 1.71. The van der Waals surface area contributed by atoms with E-state index in [2.05, 4.69) is 30.7 Å². The number of rotatable bonds is 1. The summed E-state index contributed by atoms with van der Waals surface area (Å²) in [5.41, 5.74) is 3.25. The molecule has 0 heteroatoms. The van der Waals surface area contributed by atoms with Crippen LogP contribution in [0.4, 0.5) is 0 Å². The summed E-state index contributed by atoms with van der Waals surface area (Å²) in [7, 11) is 0. The van der Waals surface area contributed by atoms with Gasteiger partial charge in [0, 0.05) is 0 Å². The van der Waals surface area contributed by atoms with E-state index in [1.165, 1.54) is 44.9 Å². The maximum Gasteiger partial charge on any atom is -0.00996 e. The van der Waals surface area contributed by atoms with E-state index in [9.17, 15) is 0 Å². The van der Waals surface area contributed by atoms with Crippen molar-refractivity contribution in [3.05, 3.63) is 41.8 Å². The fourth-order valence-electron chi connectivity index (χ4n) is 3.57. The van der Waals surface area contributed by atoms with Crippen molar-refractivity contribution in [2.75, 3.05) is 0 Å². The van der Waals surface area contributed by atoms with Crippen LogP contribution >= 0.6 is 0 Å². The zero-order valence-electron chi connectivity index (χ0n) is 9.99. The predicted molar refractivity (Wildman–Crippen MR) is 68.4 cm³/mol. The van der Waals surface area contributed by atoms with Gasteiger partial charge in [-0.25, -0.2) is 0 Å². The van der Waals surface area contributed by atoms with Crippen LogP contribution in [0.15, 0.2) is 24.3 Å². The summed E-state index contributed by atoms with van der Waals surface area (Å²) in [6.45, 7) is 0. The molecule has 0 amide bonds. The first kappa shape index (κ1) is 10.4. The molecule has 3 rings (SSSR count). The molecule has 1 unspecified atom stereocenters. The lowest BCUT2D eigenvalue weighted by Crippen LogP contribution is -2.21. The van der Waals surface area contributed by atoms with Gasteiger partial charge in [-0.15, -0.1) is 0 Å². The standard InChI is InChI=1S/C16H21/c1-2-7-13(8-3-1)16-12-6-10-14-9-4-5-11-15(14)16/h4-5,9,11-13,16H,1-3,6-8,10H2. The van der Waals surface area contributed by atoms with Crippen LogP contribution in [-0.2, 0) is 6.42 Å². The van der Waals surface area contributed by atoms with Gasteiger partial charge in [0.15, 0.2) is 0 Å². The maximum absolute atomic E-state index is 2.60. The van der Waals surface area contributed by atoms with Gasteiger partial charge in [-0.2, -0.15) is 0 Å². The summed E-state index contributed by atoms with van der Waals surface area (Å²) >= 11 is 0. The molecule has 0 aliphatic heterocycles. The van der Waals surface area contributed by atoms with Gasteiger partial charge in [0.25, 0.3) is 0 Å². The molecule has 0 heterocycles. The summed E-state index contributed by atoms with van der Waals surface area (Å²) in [6.07, 6.45) is 12.4. The van der Waals surface area contributed by atoms with Crippen LogP contribution in [0.5, 0.6) is 0 Å². The van der Waals surface area contributed by atoms with Crippen LogP contribution < -0.4 is 0 Å². The number of aryl methyl sites for hydroxylation is 1. The van der Waals surface area contributed by atoms with E-state index < -0.39 is 0 Å². The van der Waals surface area contributed by atoms with Crippen molar-refractivity contribution < 1.29 is 0 Å². The van der Waals surface area contributed by atoms with Crippen molar-refractivity contribution in [3.8, 4) is 0 Å². The van der Waals surface area contributed by atoms with Gasteiger partial charge >= 0.3 is 0 Å². The van der Waals surface area contributed by atoms with Gasteiger partial charge in [-0.05, 0) is 55.1 Å². The van der Waals surface area contributed by atoms with Crippen molar-refractivity contribution in [3.63, 3.8) is 0 Å². The lowest BCUT2D eigenvalue weighted by molar-refractivity contribution is 0.314. The van der Waals surface area contributed by atoms with E-state index >= 15 is 0 Å². The molecule has 16 heavy (non-hydrogen) atoms. The molecule has 1 fully saturated rings. The van der Waals surface area contributed by atoms with E-state index in [-0.39, 0.29) is 0 Å². The summed E-state index contributed by atoms with van der Waals surface area (Å²) in [4.78, 5) is 0. The Bertz CT molecular complexity index is 347. The van der Waals surface area contributed by atoms with Crippen LogP contribution in [-0.4, -0.2) is 0 Å². The summed E-state index contributed by atoms with van der Waals surface area (Å²) < 4.78 is 0. The number of hydrogen-bond donors (Lipinski definition) is 0. The molecule has 1 atom stereocenters. The fourth-order valence-corrected chi connectivity index (χ4v) is 3.57. The zero-order valence-corrected chi connectivity index (χ0v) is 9.99. The Morgan fingerprint density at radius 2 is 1.75 bits per heavy atom. The Hall–Kier alpha value is -0.780. The van der Waals surface area contributed by atoms with E-state index in [4.69, 9.17) is 0 Å². The minimum absolute atomic E-state index is 0.769. The second-order valence-corrected chi connectivity index (χ2v) is 5.40. The molecule has 1 saturated carbocycles. The van der Waals surface area contributed by atoms with Gasteiger partial charge in [-0.1, -0.05) is 43.5 Å². The zero-order chi connectivity index (χ0) is 10.8. The Morgan fingerprint density at radius 1 is 0.938 bits per heavy atom. The molecular formula is C16H21. The highest BCUT2D eigenvalue weighted by atomic mass is 14.3. The lowest BCUT2D eigenvalue weighted by atomic mass is 9.71. The third kappa shape index (κ3) is 1.90. The fraction of sp³-hybridized carbons (Fsp3) is 0.562. The minimum Gasteiger partial charge on any atom is -0.0620 e. The molecule has 0 spiro atoms. The molecule has 1 radical (unpaired) electrons. The summed E-state index contributed by atoms with van der Waals surface area (Å²) in [6, 6.07) is 9.11. The SMILES string of the molecule is [CH]1CCc2ccccc2C1C1CCCCC1. The van der Waals surface area contributed by atoms with E-state index in [1.54, 1.807) is 11.1 Å². The molecule has 2 aliphatic rings. The molecule has 2 aliphatic carbocycles. The molecule has 1 aromatic carbocycles. The van der Waals surface area contributed by atoms with Crippen molar-refractivity contribution in [1.29, 1.82) is 0 Å². The lowest BCUT2D eigenvalue weighted by Gasteiger charge is -2.34. The third-order valence-electron chi connectivity index (χ3n) is 4.41. The first-order valence-corrected chi connectivity index (χ1v) is 6.86. The maximum atomic E-state index is 2.60. The Morgan fingerprint density at radius 3 is 2.62 bits per heavy atom. The topological polar surface area (TPSA) is 0 Å². The number of fused-ring (bicyclic) bond motifs is 1. The Balaban J connectivity index is 1.86. The normalized spacial score (nSPS) is 26.4. The molecule has 0 N–H and O–H groups in total. The second-order valence-electron chi connectivity index (χ2n) is 5.40. The van der Waals surface area contributed by atoms with Crippen LogP contribution in [0.1, 0.15) is 55.6 Å². The molecule has 1 aromatic rings. The predicted octanol–water partition coefficient (Wildman–Crippen LogP) is 4.50. The highest BCUT2D eigenvalue weighted by Gasteiger charge is 2.28. The van der Waals surface area contributed by atoms with Crippen LogP contribution in [0.2, 0.25) is 0 Å². The number of hydrogen-bond acceptors (Lipinski definition) is 0. The van der Waals surface area contributed by atoms with Gasteiger partial charge < -0.3 is 0 Å². The Kier molecular flexibility index (Phi) is 2.99. The smallest absolute Gasteiger partial charge is 0.00996 e. The van der Waals surface area contributed by atoms with E-state index in [0.717, 1.165) is 11.8 Å². The van der Waals surface area contributed by atoms with Crippen molar-refractivity contribution in [2.45, 2.75) is 50.9 Å². The largest absolute Gasteiger partial charge is 0.0620 e. The highest BCUT2D eigenvalue weighted by Crippen LogP contribution is 2.42. The highest BCUT2D eigenvalue weighted by molar-refractivity contribution is 5.35. The van der Waals surface area contributed by atoms with E-state index in [1.807, 2.05) is 0 Å². The van der Waals surface area contributed by atoms with Gasteiger partial charge in [-0.3, -0.25) is 0 Å².